The molecule has 0 atom stereocenters. The first-order valence-corrected chi connectivity index (χ1v) is 21.3. The summed E-state index contributed by atoms with van der Waals surface area (Å²) in [6.07, 6.45) is 3.53. The number of fused-ring (bicyclic) bond motifs is 13. The first kappa shape index (κ1) is 34.6. The normalized spacial score (nSPS) is 11.9. The molecular weight excluding hydrogens is 725 g/mol. The Bertz CT molecular complexity index is 3600. The second-order valence-corrected chi connectivity index (χ2v) is 16.3. The molecule has 12 aromatic rings. The summed E-state index contributed by atoms with van der Waals surface area (Å²) in [6.45, 7) is 2.27. The lowest BCUT2D eigenvalue weighted by Gasteiger charge is -2.15. The first-order chi connectivity index (χ1) is 29.7. The summed E-state index contributed by atoms with van der Waals surface area (Å²) >= 11 is 0. The molecular formula is C58H42N2. The molecule has 0 spiro atoms. The molecule has 10 aromatic carbocycles. The summed E-state index contributed by atoms with van der Waals surface area (Å²) in [4.78, 5) is 0. The van der Waals surface area contributed by atoms with Crippen molar-refractivity contribution in [1.29, 1.82) is 0 Å². The van der Waals surface area contributed by atoms with E-state index in [0.717, 1.165) is 6.42 Å². The molecule has 0 saturated carbocycles. The van der Waals surface area contributed by atoms with Crippen LogP contribution in [0.5, 0.6) is 0 Å². The molecule has 0 radical (unpaired) electrons. The maximum Gasteiger partial charge on any atom is 0.0549 e. The summed E-state index contributed by atoms with van der Waals surface area (Å²) in [5.41, 5.74) is 13.4. The molecule has 0 bridgehead atoms. The summed E-state index contributed by atoms with van der Waals surface area (Å²) in [5.74, 6) is 0. The standard InChI is InChI=1S/C58H42N2/c1-2-3-15-38-26-32-46-47-33-31-42(37-51(47)45-20-8-7-19-44(45)50(46)36-38)59-53-24-13-10-21-48(53)57-55(59)34-35-56-58(57)49-22-11-14-25-54(49)60(56)52-23-12-9-18-43(52)41-29-27-40(28-30-41)39-16-5-4-6-17-39/h4-14,16-37H,2-3,15H2,1H3. The van der Waals surface area contributed by atoms with E-state index in [4.69, 9.17) is 0 Å². The number of hydrogen-bond acceptors (Lipinski definition) is 0. The monoisotopic (exact) mass is 766 g/mol. The number of aromatic nitrogens is 2. The lowest BCUT2D eigenvalue weighted by atomic mass is 9.92. The Morgan fingerprint density at radius 1 is 0.350 bits per heavy atom. The van der Waals surface area contributed by atoms with Crippen LogP contribution in [0, 0.1) is 0 Å². The van der Waals surface area contributed by atoms with E-state index in [9.17, 15) is 0 Å². The maximum absolute atomic E-state index is 2.49. The number of unbranched alkanes of at least 4 members (excludes halogenated alkanes) is 1. The van der Waals surface area contributed by atoms with Crippen LogP contribution in [0.1, 0.15) is 25.3 Å². The number of rotatable bonds is 7. The van der Waals surface area contributed by atoms with Crippen LogP contribution in [-0.2, 0) is 6.42 Å². The predicted octanol–water partition coefficient (Wildman–Crippen LogP) is 16.0. The Morgan fingerprint density at radius 3 is 1.57 bits per heavy atom. The van der Waals surface area contributed by atoms with Gasteiger partial charge >= 0.3 is 0 Å². The van der Waals surface area contributed by atoms with Gasteiger partial charge < -0.3 is 9.13 Å². The summed E-state index contributed by atoms with van der Waals surface area (Å²) in [6, 6.07) is 74.3. The number of benzene rings is 10. The van der Waals surface area contributed by atoms with Crippen LogP contribution in [0.4, 0.5) is 0 Å². The summed E-state index contributed by atoms with van der Waals surface area (Å²) in [7, 11) is 0. The molecule has 0 aliphatic heterocycles. The van der Waals surface area contributed by atoms with Crippen LogP contribution in [0.2, 0.25) is 0 Å². The second-order valence-electron chi connectivity index (χ2n) is 16.3. The molecule has 0 fully saturated rings. The quantitative estimate of drug-likeness (QED) is 0.143. The van der Waals surface area contributed by atoms with E-state index in [2.05, 4.69) is 216 Å². The van der Waals surface area contributed by atoms with E-state index >= 15 is 0 Å². The number of para-hydroxylation sites is 3. The second kappa shape index (κ2) is 13.9. The van der Waals surface area contributed by atoms with Gasteiger partial charge in [0.15, 0.2) is 0 Å². The molecule has 2 aromatic heterocycles. The van der Waals surface area contributed by atoms with Crippen LogP contribution >= 0.6 is 0 Å². The third-order valence-corrected chi connectivity index (χ3v) is 12.9. The average Bonchev–Trinajstić information content (AvgIpc) is 3.84. The topological polar surface area (TPSA) is 9.86 Å². The zero-order chi connectivity index (χ0) is 39.7. The van der Waals surface area contributed by atoms with E-state index in [1.807, 2.05) is 0 Å². The zero-order valence-electron chi connectivity index (χ0n) is 33.6. The minimum Gasteiger partial charge on any atom is -0.309 e. The van der Waals surface area contributed by atoms with E-state index < -0.39 is 0 Å². The molecule has 0 aliphatic rings. The van der Waals surface area contributed by atoms with Gasteiger partial charge in [-0.25, -0.2) is 0 Å². The largest absolute Gasteiger partial charge is 0.309 e. The van der Waals surface area contributed by atoms with Crippen molar-refractivity contribution in [2.45, 2.75) is 26.2 Å². The molecule has 0 N–H and O–H groups in total. The average molecular weight is 767 g/mol. The van der Waals surface area contributed by atoms with Crippen LogP contribution in [0.15, 0.2) is 200 Å². The highest BCUT2D eigenvalue weighted by molar-refractivity contribution is 6.30. The van der Waals surface area contributed by atoms with Crippen molar-refractivity contribution in [3.63, 3.8) is 0 Å². The molecule has 2 heteroatoms. The molecule has 60 heavy (non-hydrogen) atoms. The van der Waals surface area contributed by atoms with Crippen molar-refractivity contribution in [1.82, 2.24) is 9.13 Å². The van der Waals surface area contributed by atoms with Crippen molar-refractivity contribution in [3.05, 3.63) is 206 Å². The highest BCUT2D eigenvalue weighted by atomic mass is 15.0. The van der Waals surface area contributed by atoms with Crippen LogP contribution in [0.25, 0.3) is 110 Å². The number of nitrogens with zero attached hydrogens (tertiary/aromatic N) is 2. The van der Waals surface area contributed by atoms with Gasteiger partial charge in [-0.15, -0.1) is 0 Å². The lowest BCUT2D eigenvalue weighted by molar-refractivity contribution is 0.796. The number of aryl methyl sites for hydroxylation is 1. The van der Waals surface area contributed by atoms with E-state index in [1.165, 1.54) is 128 Å². The highest BCUT2D eigenvalue weighted by Crippen LogP contribution is 2.45. The van der Waals surface area contributed by atoms with Crippen molar-refractivity contribution in [2.75, 3.05) is 0 Å². The minimum absolute atomic E-state index is 1.12. The van der Waals surface area contributed by atoms with Crippen molar-refractivity contribution < 1.29 is 0 Å². The van der Waals surface area contributed by atoms with E-state index in [-0.39, 0.29) is 0 Å². The fourth-order valence-electron chi connectivity index (χ4n) is 10.1. The fraction of sp³-hybridized carbons (Fsp3) is 0.0690. The van der Waals surface area contributed by atoms with Crippen LogP contribution in [-0.4, -0.2) is 9.13 Å². The molecule has 0 unspecified atom stereocenters. The van der Waals surface area contributed by atoms with Gasteiger partial charge in [0.25, 0.3) is 0 Å². The number of hydrogen-bond donors (Lipinski definition) is 0. The van der Waals surface area contributed by atoms with Gasteiger partial charge in [-0.05, 0) is 110 Å². The van der Waals surface area contributed by atoms with Gasteiger partial charge in [-0.2, -0.15) is 0 Å². The zero-order valence-corrected chi connectivity index (χ0v) is 33.6. The molecule has 0 saturated heterocycles. The lowest BCUT2D eigenvalue weighted by Crippen LogP contribution is -1.97. The van der Waals surface area contributed by atoms with Gasteiger partial charge in [0.1, 0.15) is 0 Å². The molecule has 284 valence electrons. The first-order valence-electron chi connectivity index (χ1n) is 21.3. The van der Waals surface area contributed by atoms with Crippen molar-refractivity contribution in [3.8, 4) is 33.6 Å². The Labute approximate surface area is 349 Å². The van der Waals surface area contributed by atoms with Gasteiger partial charge in [0, 0.05) is 32.8 Å². The van der Waals surface area contributed by atoms with Gasteiger partial charge in [0.05, 0.1) is 27.8 Å². The fourth-order valence-corrected chi connectivity index (χ4v) is 10.1. The van der Waals surface area contributed by atoms with Gasteiger partial charge in [-0.1, -0.05) is 171 Å². The Kier molecular flexibility index (Phi) is 7.99. The minimum atomic E-state index is 1.12. The summed E-state index contributed by atoms with van der Waals surface area (Å²) in [5, 5.41) is 12.9. The highest BCUT2D eigenvalue weighted by Gasteiger charge is 2.22. The van der Waals surface area contributed by atoms with Crippen LogP contribution < -0.4 is 0 Å². The maximum atomic E-state index is 2.49. The van der Waals surface area contributed by atoms with Gasteiger partial charge in [0.2, 0.25) is 0 Å². The van der Waals surface area contributed by atoms with E-state index in [1.54, 1.807) is 0 Å². The molecule has 0 amide bonds. The third-order valence-electron chi connectivity index (χ3n) is 12.9. The molecule has 2 heterocycles. The predicted molar refractivity (Wildman–Crippen MR) is 257 cm³/mol. The smallest absolute Gasteiger partial charge is 0.0549 e. The van der Waals surface area contributed by atoms with Crippen LogP contribution in [0.3, 0.4) is 0 Å². The Balaban J connectivity index is 1.09. The Hall–Kier alpha value is -7.42. The molecule has 12 rings (SSSR count). The third kappa shape index (κ3) is 5.27. The molecule has 0 aliphatic carbocycles. The van der Waals surface area contributed by atoms with Crippen molar-refractivity contribution >= 4 is 75.9 Å². The SMILES string of the molecule is CCCCc1ccc2c3ccc(-n4c5ccccc5c5c6c7ccccc7n(-c7ccccc7-c7ccc(-c8ccccc8)cc7)c6ccc54)cc3c3ccccc3c2c1. The van der Waals surface area contributed by atoms with E-state index in [0.29, 0.717) is 0 Å². The van der Waals surface area contributed by atoms with Crippen molar-refractivity contribution in [2.24, 2.45) is 0 Å². The summed E-state index contributed by atoms with van der Waals surface area (Å²) < 4.78 is 4.97. The van der Waals surface area contributed by atoms with Gasteiger partial charge in [-0.3, -0.25) is 0 Å². The Morgan fingerprint density at radius 2 is 0.867 bits per heavy atom. The molecule has 2 nitrogen and oxygen atoms in total.